The van der Waals surface area contributed by atoms with Crippen LogP contribution in [-0.4, -0.2) is 45.2 Å². The standard InChI is InChI=1S/C7H5O7SSe/c8-4-1-3(7(9)10)2-5(16)6(4)14-15(11,12)13/h1-2,8H,(H,9,10)(H,11,12,13). The number of phenolic OH excluding ortho intramolecular Hbond substituents is 1. The minimum absolute atomic E-state index is 0.0602. The number of hydrogen-bond donors (Lipinski definition) is 3. The van der Waals surface area contributed by atoms with Crippen LogP contribution in [0.15, 0.2) is 12.1 Å². The molecule has 0 saturated carbocycles. The first-order valence-electron chi connectivity index (χ1n) is 3.65. The number of carboxylic acids is 1. The van der Waals surface area contributed by atoms with Crippen molar-refractivity contribution in [1.82, 2.24) is 0 Å². The van der Waals surface area contributed by atoms with Gasteiger partial charge in [-0.05, 0) is 0 Å². The fourth-order valence-corrected chi connectivity index (χ4v) is 1.98. The Morgan fingerprint density at radius 2 is 1.94 bits per heavy atom. The molecule has 0 unspecified atom stereocenters. The quantitative estimate of drug-likeness (QED) is 0.487. The average molecular weight is 312 g/mol. The molecular weight excluding hydrogens is 307 g/mol. The number of aromatic hydroxyl groups is 1. The van der Waals surface area contributed by atoms with Gasteiger partial charge in [-0.2, -0.15) is 0 Å². The molecule has 16 heavy (non-hydrogen) atoms. The first-order valence-corrected chi connectivity index (χ1v) is 5.87. The Morgan fingerprint density at radius 1 is 1.38 bits per heavy atom. The molecule has 0 bridgehead atoms. The number of benzene rings is 1. The summed E-state index contributed by atoms with van der Waals surface area (Å²) in [6.45, 7) is 0. The van der Waals surface area contributed by atoms with E-state index in [1.54, 1.807) is 0 Å². The zero-order chi connectivity index (χ0) is 12.5. The van der Waals surface area contributed by atoms with Gasteiger partial charge in [0.25, 0.3) is 0 Å². The van der Waals surface area contributed by atoms with E-state index in [0.29, 0.717) is 0 Å². The molecule has 3 N–H and O–H groups in total. The molecule has 1 rings (SSSR count). The molecule has 0 saturated heterocycles. The van der Waals surface area contributed by atoms with Crippen molar-refractivity contribution < 1.29 is 32.2 Å². The average Bonchev–Trinajstić information content (AvgIpc) is 2.09. The predicted octanol–water partition coefficient (Wildman–Crippen LogP) is -0.934. The maximum absolute atomic E-state index is 10.6. The molecule has 1 aromatic carbocycles. The second-order valence-electron chi connectivity index (χ2n) is 2.64. The summed E-state index contributed by atoms with van der Waals surface area (Å²) >= 11 is 2.31. The van der Waals surface area contributed by atoms with E-state index in [-0.39, 0.29) is 10.0 Å². The van der Waals surface area contributed by atoms with Gasteiger partial charge in [-0.1, -0.05) is 0 Å². The van der Waals surface area contributed by atoms with Gasteiger partial charge in [0.2, 0.25) is 0 Å². The van der Waals surface area contributed by atoms with Gasteiger partial charge in [0.1, 0.15) is 0 Å². The molecule has 9 heteroatoms. The van der Waals surface area contributed by atoms with Crippen LogP contribution >= 0.6 is 0 Å². The van der Waals surface area contributed by atoms with Crippen LogP contribution in [0.25, 0.3) is 0 Å². The van der Waals surface area contributed by atoms with Crippen molar-refractivity contribution in [2.24, 2.45) is 0 Å². The van der Waals surface area contributed by atoms with Crippen LogP contribution in [0, 0.1) is 0 Å². The second-order valence-corrected chi connectivity index (χ2v) is 4.58. The first-order chi connectivity index (χ1) is 7.20. The summed E-state index contributed by atoms with van der Waals surface area (Å²) < 4.78 is 33.2. The molecule has 87 valence electrons. The Labute approximate surface area is 98.4 Å². The minimum atomic E-state index is -4.78. The molecule has 0 fully saturated rings. The van der Waals surface area contributed by atoms with Gasteiger partial charge in [-0.15, -0.1) is 0 Å². The fourth-order valence-electron chi connectivity index (χ4n) is 0.900. The van der Waals surface area contributed by atoms with Crippen molar-refractivity contribution in [3.05, 3.63) is 17.7 Å². The van der Waals surface area contributed by atoms with Gasteiger partial charge in [0, 0.05) is 0 Å². The molecule has 0 aliphatic carbocycles. The second kappa shape index (κ2) is 4.30. The Kier molecular flexibility index (Phi) is 3.44. The van der Waals surface area contributed by atoms with Crippen molar-refractivity contribution in [3.8, 4) is 11.5 Å². The molecule has 1 aromatic rings. The summed E-state index contributed by atoms with van der Waals surface area (Å²) in [5.74, 6) is -2.58. The third kappa shape index (κ3) is 3.11. The number of carbonyl (C=O) groups is 1. The van der Waals surface area contributed by atoms with Crippen molar-refractivity contribution in [3.63, 3.8) is 0 Å². The van der Waals surface area contributed by atoms with Gasteiger partial charge in [-0.25, -0.2) is 0 Å². The Hall–Kier alpha value is -1.28. The van der Waals surface area contributed by atoms with E-state index in [4.69, 9.17) is 9.66 Å². The van der Waals surface area contributed by atoms with Crippen molar-refractivity contribution >= 4 is 36.8 Å². The molecule has 1 radical (unpaired) electrons. The van der Waals surface area contributed by atoms with Gasteiger partial charge in [0.15, 0.2) is 0 Å². The number of rotatable bonds is 3. The molecule has 0 aliphatic heterocycles. The molecule has 0 aromatic heterocycles. The number of phenols is 1. The Bertz CT molecular complexity index is 513. The zero-order valence-electron chi connectivity index (χ0n) is 7.45. The van der Waals surface area contributed by atoms with Crippen LogP contribution in [0.1, 0.15) is 10.4 Å². The SMILES string of the molecule is O=C(O)c1cc(O)c(OS(=O)(=O)O)c([Se])c1. The molecular formula is C7H5O7SSe. The van der Waals surface area contributed by atoms with Crippen molar-refractivity contribution in [1.29, 1.82) is 0 Å². The van der Waals surface area contributed by atoms with Crippen LogP contribution in [0.4, 0.5) is 0 Å². The number of hydrogen-bond acceptors (Lipinski definition) is 5. The van der Waals surface area contributed by atoms with E-state index in [2.05, 4.69) is 20.2 Å². The molecule has 0 atom stereocenters. The van der Waals surface area contributed by atoms with E-state index >= 15 is 0 Å². The normalized spacial score (nSPS) is 11.1. The summed E-state index contributed by atoms with van der Waals surface area (Å²) in [6.07, 6.45) is 0. The van der Waals surface area contributed by atoms with Gasteiger partial charge in [0.05, 0.1) is 0 Å². The van der Waals surface area contributed by atoms with Crippen LogP contribution in [0.2, 0.25) is 0 Å². The third-order valence-corrected chi connectivity index (χ3v) is 2.48. The summed E-state index contributed by atoms with van der Waals surface area (Å²) in [5, 5.41) is 17.9. The molecule has 0 aliphatic rings. The maximum atomic E-state index is 10.6. The zero-order valence-corrected chi connectivity index (χ0v) is 9.98. The van der Waals surface area contributed by atoms with Crippen LogP contribution < -0.4 is 8.64 Å². The molecule has 7 nitrogen and oxygen atoms in total. The van der Waals surface area contributed by atoms with E-state index in [1.807, 2.05) is 0 Å². The molecule has 0 heterocycles. The van der Waals surface area contributed by atoms with Crippen LogP contribution in [-0.2, 0) is 10.4 Å². The van der Waals surface area contributed by atoms with Gasteiger partial charge in [-0.3, -0.25) is 0 Å². The Morgan fingerprint density at radius 3 is 2.31 bits per heavy atom. The van der Waals surface area contributed by atoms with E-state index in [1.165, 1.54) is 0 Å². The van der Waals surface area contributed by atoms with Gasteiger partial charge < -0.3 is 0 Å². The van der Waals surface area contributed by atoms with Gasteiger partial charge >= 0.3 is 98.2 Å². The Balaban J connectivity index is 3.28. The number of aromatic carboxylic acids is 1. The molecule has 0 amide bonds. The van der Waals surface area contributed by atoms with Crippen LogP contribution in [0.5, 0.6) is 11.5 Å². The number of carboxylic acid groups (broad SMARTS) is 1. The van der Waals surface area contributed by atoms with E-state index in [9.17, 15) is 18.3 Å². The van der Waals surface area contributed by atoms with Crippen molar-refractivity contribution in [2.75, 3.05) is 0 Å². The third-order valence-electron chi connectivity index (χ3n) is 1.47. The summed E-state index contributed by atoms with van der Waals surface area (Å²) in [7, 11) is -4.78. The van der Waals surface area contributed by atoms with E-state index < -0.39 is 27.9 Å². The molecule has 0 spiro atoms. The fraction of sp³-hybridized carbons (Fsp3) is 0. The van der Waals surface area contributed by atoms with E-state index in [0.717, 1.165) is 12.1 Å². The summed E-state index contributed by atoms with van der Waals surface area (Å²) in [5.41, 5.74) is -0.256. The van der Waals surface area contributed by atoms with Crippen molar-refractivity contribution in [2.45, 2.75) is 0 Å². The predicted molar refractivity (Wildman–Crippen MR) is 52.6 cm³/mol. The monoisotopic (exact) mass is 313 g/mol. The first kappa shape index (κ1) is 12.8. The topological polar surface area (TPSA) is 121 Å². The summed E-state index contributed by atoms with van der Waals surface area (Å²) in [6, 6.07) is 1.84. The van der Waals surface area contributed by atoms with Crippen LogP contribution in [0.3, 0.4) is 0 Å². The summed E-state index contributed by atoms with van der Waals surface area (Å²) in [4.78, 5) is 10.6.